The summed E-state index contributed by atoms with van der Waals surface area (Å²) in [5, 5.41) is 31.8. The molecule has 3 aromatic carbocycles. The van der Waals surface area contributed by atoms with Crippen LogP contribution in [0.25, 0.3) is 11.1 Å². The first-order valence-corrected chi connectivity index (χ1v) is 15.5. The maximum absolute atomic E-state index is 12.7. The Morgan fingerprint density at radius 1 is 1.00 bits per heavy atom. The molecule has 0 aliphatic heterocycles. The Hall–Kier alpha value is -4.51. The number of carboxylic acids is 1. The van der Waals surface area contributed by atoms with E-state index in [9.17, 15) is 31.5 Å². The molecule has 0 heterocycles. The van der Waals surface area contributed by atoms with Crippen LogP contribution in [0.3, 0.4) is 0 Å². The number of sulfonamides is 2. The standard InChI is InChI=1S/C23H24N4O8S2.C4H8O2/c24-23(25)16-7-8-18(28)21(12-16)37(33,34)27-10-9-14-5-6-15(11-19(14)35-13-22(29)30)17-3-1-2-4-20(17)36(26,31)32;1-3-6-4(2)5/h1-8,11-12,27-28H,9-10,13H2,(H3,24,25)(H,29,30)(H2,26,31,32);3H2,1-2H3. The summed E-state index contributed by atoms with van der Waals surface area (Å²) in [7, 11) is -8.25. The van der Waals surface area contributed by atoms with Crippen LogP contribution in [0.4, 0.5) is 0 Å². The summed E-state index contributed by atoms with van der Waals surface area (Å²) in [6, 6.07) is 14.0. The van der Waals surface area contributed by atoms with E-state index in [1.807, 2.05) is 0 Å². The number of carbonyl (C=O) groups excluding carboxylic acids is 1. The van der Waals surface area contributed by atoms with E-state index in [1.165, 1.54) is 37.3 Å². The Morgan fingerprint density at radius 2 is 1.67 bits per heavy atom. The van der Waals surface area contributed by atoms with Crippen molar-refractivity contribution in [2.24, 2.45) is 10.9 Å². The van der Waals surface area contributed by atoms with Gasteiger partial charge in [-0.25, -0.2) is 31.5 Å². The van der Waals surface area contributed by atoms with Gasteiger partial charge < -0.3 is 25.4 Å². The molecule has 232 valence electrons. The van der Waals surface area contributed by atoms with Gasteiger partial charge in [0.25, 0.3) is 0 Å². The fourth-order valence-corrected chi connectivity index (χ4v) is 5.57. The van der Waals surface area contributed by atoms with Gasteiger partial charge in [-0.3, -0.25) is 10.2 Å². The highest BCUT2D eigenvalue weighted by Gasteiger charge is 2.21. The van der Waals surface area contributed by atoms with Gasteiger partial charge in [-0.15, -0.1) is 0 Å². The highest BCUT2D eigenvalue weighted by molar-refractivity contribution is 7.89. The summed E-state index contributed by atoms with van der Waals surface area (Å²) >= 11 is 0. The lowest BCUT2D eigenvalue weighted by Gasteiger charge is -2.15. The highest BCUT2D eigenvalue weighted by Crippen LogP contribution is 2.32. The van der Waals surface area contributed by atoms with Crippen LogP contribution in [-0.2, 0) is 40.8 Å². The molecule has 16 heteroatoms. The molecule has 0 atom stereocenters. The number of rotatable bonds is 12. The predicted molar refractivity (Wildman–Crippen MR) is 157 cm³/mol. The summed E-state index contributed by atoms with van der Waals surface area (Å²) in [5.41, 5.74) is 6.60. The number of carbonyl (C=O) groups is 2. The molecule has 0 aromatic heterocycles. The zero-order valence-corrected chi connectivity index (χ0v) is 24.9. The third-order valence-electron chi connectivity index (χ3n) is 5.52. The minimum absolute atomic E-state index is 0.0540. The molecule has 0 radical (unpaired) electrons. The number of benzene rings is 3. The van der Waals surface area contributed by atoms with E-state index in [0.29, 0.717) is 17.7 Å². The van der Waals surface area contributed by atoms with Crippen molar-refractivity contribution in [3.63, 3.8) is 0 Å². The number of aliphatic carboxylic acids is 1. The fraction of sp³-hybridized carbons (Fsp3) is 0.222. The molecule has 0 saturated carbocycles. The Labute approximate surface area is 248 Å². The van der Waals surface area contributed by atoms with Gasteiger partial charge in [0, 0.05) is 24.6 Å². The van der Waals surface area contributed by atoms with Crippen LogP contribution in [0, 0.1) is 5.41 Å². The van der Waals surface area contributed by atoms with Crippen LogP contribution in [0.5, 0.6) is 11.5 Å². The summed E-state index contributed by atoms with van der Waals surface area (Å²) in [6.45, 7) is 2.80. The van der Waals surface area contributed by atoms with Gasteiger partial charge in [0.15, 0.2) is 6.61 Å². The number of esters is 1. The molecule has 3 rings (SSSR count). The van der Waals surface area contributed by atoms with Crippen molar-refractivity contribution in [1.82, 2.24) is 4.72 Å². The molecule has 0 saturated heterocycles. The van der Waals surface area contributed by atoms with E-state index in [4.69, 9.17) is 26.1 Å². The van der Waals surface area contributed by atoms with Crippen molar-refractivity contribution in [1.29, 1.82) is 5.41 Å². The van der Waals surface area contributed by atoms with Crippen molar-refractivity contribution in [2.75, 3.05) is 19.8 Å². The van der Waals surface area contributed by atoms with Crippen LogP contribution in [0.2, 0.25) is 0 Å². The van der Waals surface area contributed by atoms with Gasteiger partial charge >= 0.3 is 11.9 Å². The maximum Gasteiger partial charge on any atom is 0.341 e. The zero-order chi connectivity index (χ0) is 32.4. The molecule has 0 fully saturated rings. The van der Waals surface area contributed by atoms with Crippen molar-refractivity contribution in [2.45, 2.75) is 30.1 Å². The van der Waals surface area contributed by atoms with E-state index in [2.05, 4.69) is 9.46 Å². The largest absolute Gasteiger partial charge is 0.507 e. The highest BCUT2D eigenvalue weighted by atomic mass is 32.2. The number of amidine groups is 1. The first-order valence-electron chi connectivity index (χ1n) is 12.5. The lowest BCUT2D eigenvalue weighted by Crippen LogP contribution is -2.26. The minimum atomic E-state index is -4.20. The van der Waals surface area contributed by atoms with Gasteiger partial charge in [-0.2, -0.15) is 0 Å². The number of nitrogens with one attached hydrogen (secondary N) is 2. The fourth-order valence-electron chi connectivity index (χ4n) is 3.65. The zero-order valence-electron chi connectivity index (χ0n) is 23.2. The first kappa shape index (κ1) is 34.7. The van der Waals surface area contributed by atoms with E-state index < -0.39 is 43.3 Å². The smallest absolute Gasteiger partial charge is 0.341 e. The van der Waals surface area contributed by atoms with E-state index >= 15 is 0 Å². The number of nitrogens with two attached hydrogens (primary N) is 2. The van der Waals surface area contributed by atoms with Crippen molar-refractivity contribution < 1.29 is 46.1 Å². The van der Waals surface area contributed by atoms with Gasteiger partial charge in [0.2, 0.25) is 20.0 Å². The average Bonchev–Trinajstić information content (AvgIpc) is 2.92. The van der Waals surface area contributed by atoms with Crippen molar-refractivity contribution in [3.8, 4) is 22.6 Å². The molecule has 43 heavy (non-hydrogen) atoms. The summed E-state index contributed by atoms with van der Waals surface area (Å²) in [5.74, 6) is -2.26. The lowest BCUT2D eigenvalue weighted by atomic mass is 10.0. The van der Waals surface area contributed by atoms with Crippen LogP contribution < -0.4 is 20.3 Å². The predicted octanol–water partition coefficient (Wildman–Crippen LogP) is 1.54. The van der Waals surface area contributed by atoms with Crippen LogP contribution in [-0.4, -0.2) is 64.6 Å². The number of hydrogen-bond donors (Lipinski definition) is 6. The first-order chi connectivity index (χ1) is 20.1. The second kappa shape index (κ2) is 15.1. The second-order valence-corrected chi connectivity index (χ2v) is 12.0. The Bertz CT molecular complexity index is 1710. The molecular weight excluding hydrogens is 604 g/mol. The average molecular weight is 637 g/mol. The third kappa shape index (κ3) is 10.4. The van der Waals surface area contributed by atoms with Crippen LogP contribution in [0.15, 0.2) is 70.5 Å². The van der Waals surface area contributed by atoms with Crippen molar-refractivity contribution >= 4 is 37.8 Å². The molecule has 8 N–H and O–H groups in total. The maximum atomic E-state index is 12.7. The molecule has 0 bridgehead atoms. The lowest BCUT2D eigenvalue weighted by molar-refractivity contribution is -0.140. The van der Waals surface area contributed by atoms with E-state index in [0.717, 1.165) is 12.1 Å². The number of aromatic hydroxyl groups is 1. The van der Waals surface area contributed by atoms with Gasteiger partial charge in [-0.1, -0.05) is 30.3 Å². The Balaban J connectivity index is 0.000000973. The quantitative estimate of drug-likeness (QED) is 0.0945. The number of primary sulfonamides is 1. The summed E-state index contributed by atoms with van der Waals surface area (Å²) in [6.07, 6.45) is 0.0540. The number of nitrogen functional groups attached to an aromatic ring is 1. The minimum Gasteiger partial charge on any atom is -0.507 e. The molecule has 3 aromatic rings. The molecule has 0 aliphatic rings. The van der Waals surface area contributed by atoms with E-state index in [-0.39, 0.29) is 46.5 Å². The van der Waals surface area contributed by atoms with Gasteiger partial charge in [-0.05, 0) is 54.8 Å². The SMILES string of the molecule is CCOC(C)=O.N=C(N)c1ccc(O)c(S(=O)(=O)NCCc2ccc(-c3ccccc3S(N)(=O)=O)cc2OCC(=O)O)c1. The molecular formula is C27H32N4O10S2. The number of phenols is 1. The Kier molecular flexibility index (Phi) is 12.2. The summed E-state index contributed by atoms with van der Waals surface area (Å²) in [4.78, 5) is 20.3. The monoisotopic (exact) mass is 636 g/mol. The van der Waals surface area contributed by atoms with Crippen LogP contribution >= 0.6 is 0 Å². The topological polar surface area (TPSA) is 249 Å². The summed E-state index contributed by atoms with van der Waals surface area (Å²) < 4.78 is 61.6. The number of hydrogen-bond acceptors (Lipinski definition) is 10. The molecule has 0 aliphatic carbocycles. The number of phenolic OH excluding ortho intramolecular Hbond substituents is 1. The second-order valence-electron chi connectivity index (χ2n) is 8.71. The van der Waals surface area contributed by atoms with Gasteiger partial charge in [0.1, 0.15) is 22.2 Å². The third-order valence-corrected chi connectivity index (χ3v) is 7.98. The van der Waals surface area contributed by atoms with Crippen LogP contribution in [0.1, 0.15) is 25.0 Å². The molecule has 0 amide bonds. The Morgan fingerprint density at radius 3 is 2.23 bits per heavy atom. The van der Waals surface area contributed by atoms with Crippen molar-refractivity contribution in [3.05, 3.63) is 71.8 Å². The number of ether oxygens (including phenoxy) is 2. The number of carboxylic acid groups (broad SMARTS) is 1. The van der Waals surface area contributed by atoms with E-state index in [1.54, 1.807) is 25.1 Å². The molecule has 0 unspecified atom stereocenters. The molecule has 14 nitrogen and oxygen atoms in total. The van der Waals surface area contributed by atoms with Gasteiger partial charge in [0.05, 0.1) is 11.5 Å². The molecule has 0 spiro atoms. The normalized spacial score (nSPS) is 11.1.